The number of hydrogen-bond acceptors (Lipinski definition) is 5. The lowest BCUT2D eigenvalue weighted by Crippen LogP contribution is -2.24. The fourth-order valence-corrected chi connectivity index (χ4v) is 3.04. The van der Waals surface area contributed by atoms with Gasteiger partial charge in [0.05, 0.1) is 16.5 Å². The van der Waals surface area contributed by atoms with Crippen molar-refractivity contribution in [2.24, 2.45) is 0 Å². The van der Waals surface area contributed by atoms with Crippen LogP contribution in [-0.2, 0) is 9.59 Å². The number of non-ortho nitro benzene ring substituents is 1. The first-order chi connectivity index (χ1) is 12.3. The quantitative estimate of drug-likeness (QED) is 0.293. The lowest BCUT2D eigenvalue weighted by atomic mass is 9.95. The number of aliphatic hydroxyl groups excluding tert-OH is 1. The number of nitro groups is 1. The maximum Gasteiger partial charge on any atom is 0.295 e. The van der Waals surface area contributed by atoms with Gasteiger partial charge in [-0.05, 0) is 29.8 Å². The fourth-order valence-electron chi connectivity index (χ4n) is 2.91. The summed E-state index contributed by atoms with van der Waals surface area (Å²) in [7, 11) is 1.41. The van der Waals surface area contributed by atoms with Gasteiger partial charge in [0.2, 0.25) is 0 Å². The Morgan fingerprint density at radius 3 is 2.46 bits per heavy atom. The second-order valence-electron chi connectivity index (χ2n) is 5.77. The first-order valence-electron chi connectivity index (χ1n) is 7.56. The van der Waals surface area contributed by atoms with Crippen LogP contribution in [0, 0.1) is 10.1 Å². The molecule has 1 N–H and O–H groups in total. The van der Waals surface area contributed by atoms with Crippen LogP contribution in [0.3, 0.4) is 0 Å². The standard InChI is InChI=1S/C18H13ClN2O5/c1-20-15(11-3-2-4-13(9-11)21(25)26)14(17(23)18(20)24)16(22)10-5-7-12(19)8-6-10/h2-9,15,22H,1H3/t15-/m0/s1. The molecule has 1 atom stereocenters. The largest absolute Gasteiger partial charge is 0.507 e. The van der Waals surface area contributed by atoms with Crippen molar-refractivity contribution in [1.29, 1.82) is 0 Å². The third-order valence-electron chi connectivity index (χ3n) is 4.19. The lowest BCUT2D eigenvalue weighted by molar-refractivity contribution is -0.384. The molecule has 1 amide bonds. The smallest absolute Gasteiger partial charge is 0.295 e. The zero-order chi connectivity index (χ0) is 19.0. The number of likely N-dealkylation sites (tertiary alicyclic amines) is 1. The number of nitrogens with zero attached hydrogens (tertiary/aromatic N) is 2. The molecule has 0 aliphatic carbocycles. The molecule has 2 aromatic carbocycles. The highest BCUT2D eigenvalue weighted by Gasteiger charge is 2.44. The molecule has 132 valence electrons. The Morgan fingerprint density at radius 1 is 1.19 bits per heavy atom. The molecule has 1 fully saturated rings. The number of aliphatic hydroxyl groups is 1. The van der Waals surface area contributed by atoms with Gasteiger partial charge in [-0.2, -0.15) is 0 Å². The van der Waals surface area contributed by atoms with E-state index in [1.54, 1.807) is 18.2 Å². The molecular formula is C18H13ClN2O5. The summed E-state index contributed by atoms with van der Waals surface area (Å²) in [4.78, 5) is 36.2. The van der Waals surface area contributed by atoms with E-state index in [2.05, 4.69) is 0 Å². The molecule has 0 aromatic heterocycles. The minimum absolute atomic E-state index is 0.125. The Balaban J connectivity index is 2.18. The van der Waals surface area contributed by atoms with Gasteiger partial charge in [0, 0.05) is 29.8 Å². The van der Waals surface area contributed by atoms with E-state index in [-0.39, 0.29) is 17.0 Å². The molecule has 1 aliphatic rings. The van der Waals surface area contributed by atoms with E-state index >= 15 is 0 Å². The van der Waals surface area contributed by atoms with E-state index in [0.29, 0.717) is 16.1 Å². The molecule has 1 saturated heterocycles. The van der Waals surface area contributed by atoms with E-state index < -0.39 is 22.7 Å². The first-order valence-corrected chi connectivity index (χ1v) is 7.94. The van der Waals surface area contributed by atoms with Crippen molar-refractivity contribution in [3.8, 4) is 0 Å². The highest BCUT2D eigenvalue weighted by atomic mass is 35.5. The van der Waals surface area contributed by atoms with Crippen molar-refractivity contribution in [2.75, 3.05) is 7.05 Å². The number of hydrogen-bond donors (Lipinski definition) is 1. The summed E-state index contributed by atoms with van der Waals surface area (Å²) in [6.45, 7) is 0. The minimum Gasteiger partial charge on any atom is -0.507 e. The van der Waals surface area contributed by atoms with Gasteiger partial charge in [-0.15, -0.1) is 0 Å². The summed E-state index contributed by atoms with van der Waals surface area (Å²) >= 11 is 5.83. The van der Waals surface area contributed by atoms with Gasteiger partial charge in [-0.1, -0.05) is 23.7 Å². The SMILES string of the molecule is CN1C(=O)C(=O)C(=C(O)c2ccc(Cl)cc2)[C@@H]1c1cccc([N+](=O)[O-])c1. The number of benzene rings is 2. The monoisotopic (exact) mass is 372 g/mol. The maximum absolute atomic E-state index is 12.4. The molecule has 0 unspecified atom stereocenters. The highest BCUT2D eigenvalue weighted by Crippen LogP contribution is 2.39. The Bertz CT molecular complexity index is 952. The van der Waals surface area contributed by atoms with Crippen LogP contribution in [0.2, 0.25) is 5.02 Å². The fraction of sp³-hybridized carbons (Fsp3) is 0.111. The van der Waals surface area contributed by atoms with Gasteiger partial charge in [0.1, 0.15) is 5.76 Å². The number of halogens is 1. The summed E-state index contributed by atoms with van der Waals surface area (Å²) in [5, 5.41) is 22.1. The predicted molar refractivity (Wildman–Crippen MR) is 94.6 cm³/mol. The molecule has 1 heterocycles. The number of carbonyl (C=O) groups is 2. The summed E-state index contributed by atoms with van der Waals surface area (Å²) in [5.74, 6) is -2.01. The van der Waals surface area contributed by atoms with Crippen molar-refractivity contribution in [3.63, 3.8) is 0 Å². The Kier molecular flexibility index (Phi) is 4.48. The number of nitro benzene ring substituents is 1. The van der Waals surface area contributed by atoms with Crippen LogP contribution in [0.25, 0.3) is 5.76 Å². The summed E-state index contributed by atoms with van der Waals surface area (Å²) in [6.07, 6.45) is 0. The van der Waals surface area contributed by atoms with Crippen LogP contribution in [0.4, 0.5) is 5.69 Å². The Hall–Kier alpha value is -3.19. The van der Waals surface area contributed by atoms with E-state index in [9.17, 15) is 24.8 Å². The topological polar surface area (TPSA) is 101 Å². The van der Waals surface area contributed by atoms with Gasteiger partial charge < -0.3 is 10.0 Å². The highest BCUT2D eigenvalue weighted by molar-refractivity contribution is 6.46. The maximum atomic E-state index is 12.4. The minimum atomic E-state index is -0.925. The molecular weight excluding hydrogens is 360 g/mol. The van der Waals surface area contributed by atoms with Crippen LogP contribution in [-0.4, -0.2) is 33.7 Å². The summed E-state index contributed by atoms with van der Waals surface area (Å²) in [6, 6.07) is 10.8. The van der Waals surface area contributed by atoms with Crippen LogP contribution in [0.1, 0.15) is 17.2 Å². The van der Waals surface area contributed by atoms with Gasteiger partial charge in [0.15, 0.2) is 0 Å². The Morgan fingerprint density at radius 2 is 1.85 bits per heavy atom. The van der Waals surface area contributed by atoms with Crippen molar-refractivity contribution in [2.45, 2.75) is 6.04 Å². The van der Waals surface area contributed by atoms with Crippen LogP contribution in [0.5, 0.6) is 0 Å². The molecule has 2 aromatic rings. The lowest BCUT2D eigenvalue weighted by Gasteiger charge is -2.20. The van der Waals surface area contributed by atoms with E-state index in [1.807, 2.05) is 0 Å². The summed E-state index contributed by atoms with van der Waals surface area (Å²) in [5.41, 5.74) is 0.376. The molecule has 0 spiro atoms. The van der Waals surface area contributed by atoms with Gasteiger partial charge in [-0.3, -0.25) is 19.7 Å². The average Bonchev–Trinajstić information content (AvgIpc) is 2.86. The van der Waals surface area contributed by atoms with Gasteiger partial charge in [0.25, 0.3) is 17.4 Å². The number of carbonyl (C=O) groups excluding carboxylic acids is 2. The van der Waals surface area contributed by atoms with Crippen molar-refractivity contribution >= 4 is 34.7 Å². The normalized spacial score (nSPS) is 19.0. The molecule has 7 nitrogen and oxygen atoms in total. The number of likely N-dealkylation sites (N-methyl/N-ethyl adjacent to an activating group) is 1. The van der Waals surface area contributed by atoms with E-state index in [4.69, 9.17) is 11.6 Å². The summed E-state index contributed by atoms with van der Waals surface area (Å²) < 4.78 is 0. The number of amides is 1. The predicted octanol–water partition coefficient (Wildman–Crippen LogP) is 3.30. The van der Waals surface area contributed by atoms with Crippen molar-refractivity contribution < 1.29 is 19.6 Å². The molecule has 1 aliphatic heterocycles. The zero-order valence-electron chi connectivity index (χ0n) is 13.5. The van der Waals surface area contributed by atoms with Gasteiger partial charge >= 0.3 is 0 Å². The third-order valence-corrected chi connectivity index (χ3v) is 4.44. The average molecular weight is 373 g/mol. The second-order valence-corrected chi connectivity index (χ2v) is 6.21. The molecule has 0 radical (unpaired) electrons. The van der Waals surface area contributed by atoms with Gasteiger partial charge in [-0.25, -0.2) is 0 Å². The molecule has 3 rings (SSSR count). The van der Waals surface area contributed by atoms with Crippen LogP contribution in [0.15, 0.2) is 54.1 Å². The van der Waals surface area contributed by atoms with Crippen LogP contribution >= 0.6 is 11.6 Å². The van der Waals surface area contributed by atoms with Crippen LogP contribution < -0.4 is 0 Å². The molecule has 8 heteroatoms. The third kappa shape index (κ3) is 2.93. The van der Waals surface area contributed by atoms with Crippen molar-refractivity contribution in [3.05, 3.63) is 80.4 Å². The number of Topliss-reactive ketones (excluding diaryl/α,β-unsaturated/α-hetero) is 1. The molecule has 0 bridgehead atoms. The number of rotatable bonds is 3. The molecule has 26 heavy (non-hydrogen) atoms. The van der Waals surface area contributed by atoms with E-state index in [0.717, 1.165) is 4.90 Å². The Labute approximate surface area is 153 Å². The first kappa shape index (κ1) is 17.6. The zero-order valence-corrected chi connectivity index (χ0v) is 14.3. The number of ketones is 1. The van der Waals surface area contributed by atoms with Crippen molar-refractivity contribution in [1.82, 2.24) is 4.90 Å². The second kappa shape index (κ2) is 6.61. The van der Waals surface area contributed by atoms with E-state index in [1.165, 1.54) is 37.4 Å². The molecule has 0 saturated carbocycles.